The van der Waals surface area contributed by atoms with Crippen LogP contribution in [-0.2, 0) is 17.8 Å². The number of nitrogens with zero attached hydrogens (tertiary/aromatic N) is 3. The molecule has 2 aromatic carbocycles. The van der Waals surface area contributed by atoms with Gasteiger partial charge in [0.05, 0.1) is 36.0 Å². The lowest BCUT2D eigenvalue weighted by Gasteiger charge is -2.27. The lowest BCUT2D eigenvalue weighted by molar-refractivity contribution is 0.0203. The molecule has 1 aliphatic rings. The number of carbonyl (C=O) groups excluding carboxylic acids is 1. The van der Waals surface area contributed by atoms with Crippen molar-refractivity contribution in [1.29, 1.82) is 0 Å². The van der Waals surface area contributed by atoms with E-state index in [0.29, 0.717) is 18.5 Å². The third kappa shape index (κ3) is 10.4. The Morgan fingerprint density at radius 2 is 1.74 bits per heavy atom. The van der Waals surface area contributed by atoms with Gasteiger partial charge in [-0.05, 0) is 82.3 Å². The zero-order valence-electron chi connectivity index (χ0n) is 27.4. The highest BCUT2D eigenvalue weighted by Crippen LogP contribution is 2.36. The monoisotopic (exact) mass is 622 g/mol. The van der Waals surface area contributed by atoms with Crippen LogP contribution < -0.4 is 5.32 Å². The summed E-state index contributed by atoms with van der Waals surface area (Å²) in [4.78, 5) is 30.6. The average molecular weight is 623 g/mol. The molecular weight excluding hydrogens is 572 g/mol. The van der Waals surface area contributed by atoms with E-state index in [4.69, 9.17) is 4.74 Å². The maximum Gasteiger partial charge on any atom is 0.410 e. The number of hydrogen-bond acceptors (Lipinski definition) is 5. The lowest BCUT2D eigenvalue weighted by atomic mass is 10.1. The highest BCUT2D eigenvalue weighted by atomic mass is 16.6. The molecule has 8 nitrogen and oxygen atoms in total. The van der Waals surface area contributed by atoms with E-state index < -0.39 is 5.60 Å². The molecule has 1 aliphatic carbocycles. The summed E-state index contributed by atoms with van der Waals surface area (Å²) in [6, 6.07) is 14.8. The van der Waals surface area contributed by atoms with Crippen LogP contribution in [0, 0.1) is 30.6 Å². The Balaban J connectivity index is 0.00000142. The Kier molecular flexibility index (Phi) is 13.9. The molecule has 1 saturated carbocycles. The molecule has 4 aromatic rings. The number of nitrogens with one attached hydrogen (secondary N) is 3. The van der Waals surface area contributed by atoms with Crippen molar-refractivity contribution in [1.82, 2.24) is 30.2 Å². The molecule has 0 saturated heterocycles. The maximum absolute atomic E-state index is 12.8. The number of amides is 1. The third-order valence-electron chi connectivity index (χ3n) is 7.35. The van der Waals surface area contributed by atoms with Gasteiger partial charge in [-0.25, -0.2) is 14.8 Å². The second kappa shape index (κ2) is 17.1. The summed E-state index contributed by atoms with van der Waals surface area (Å²) < 4.78 is 5.65. The zero-order valence-corrected chi connectivity index (χ0v) is 27.4. The number of terminal acetylenes is 1. The molecule has 0 spiro atoms. The summed E-state index contributed by atoms with van der Waals surface area (Å²) in [6.45, 7) is 19.3. The molecule has 0 bridgehead atoms. The minimum atomic E-state index is -0.535. The second-order valence-corrected chi connectivity index (χ2v) is 12.1. The van der Waals surface area contributed by atoms with Crippen LogP contribution in [0.25, 0.3) is 22.3 Å². The summed E-state index contributed by atoms with van der Waals surface area (Å²) in [6.07, 6.45) is 11.6. The van der Waals surface area contributed by atoms with E-state index in [-0.39, 0.29) is 19.6 Å². The van der Waals surface area contributed by atoms with Gasteiger partial charge in [0.2, 0.25) is 0 Å². The van der Waals surface area contributed by atoms with Crippen molar-refractivity contribution in [2.45, 2.75) is 92.6 Å². The van der Waals surface area contributed by atoms with Crippen LogP contribution in [-0.4, -0.2) is 48.6 Å². The van der Waals surface area contributed by atoms with Gasteiger partial charge in [0.15, 0.2) is 0 Å². The van der Waals surface area contributed by atoms with Crippen molar-refractivity contribution in [2.75, 3.05) is 0 Å². The van der Waals surface area contributed by atoms with E-state index in [9.17, 15) is 4.79 Å². The Hall–Kier alpha value is -4.79. The number of aromatic amines is 2. The summed E-state index contributed by atoms with van der Waals surface area (Å²) in [5.41, 5.74) is 5.17. The number of aromatic nitrogens is 4. The summed E-state index contributed by atoms with van der Waals surface area (Å²) in [7, 11) is 0. The summed E-state index contributed by atoms with van der Waals surface area (Å²) in [5, 5.41) is 3.47. The molecule has 3 N–H and O–H groups in total. The smallest absolute Gasteiger partial charge is 0.410 e. The fourth-order valence-electron chi connectivity index (χ4n) is 4.64. The van der Waals surface area contributed by atoms with Gasteiger partial charge >= 0.3 is 6.09 Å². The van der Waals surface area contributed by atoms with Gasteiger partial charge in [0.1, 0.15) is 17.2 Å². The van der Waals surface area contributed by atoms with Gasteiger partial charge in [-0.3, -0.25) is 4.90 Å². The number of rotatable bonds is 8. The number of carbonyl (C=O) groups is 1. The van der Waals surface area contributed by atoms with Crippen LogP contribution in [0.3, 0.4) is 0 Å². The zero-order chi connectivity index (χ0) is 33.1. The largest absolute Gasteiger partial charge is 0.444 e. The standard InChI is InChI=1S/C33H40N6O2.C2H4.C2H2.CH4/c1-7-22(3)34-19-30-36-26-15-12-24(17-27(26)37-30)9-8-23-10-13-25(14-11-23)28-18-35-31(38-28)20-39(29-16-21(29)2)32(40)41-33(4,5)6;2*1-2;/h10-15,17-18,21-22,29,34H,7,16,19-20H2,1-6H3,(H,35,38)(H,36,37);1-2H2;1-2H;1H4/t21?,22?,29-;;;/m1.../s1. The third-order valence-corrected chi connectivity index (χ3v) is 7.35. The molecule has 0 radical (unpaired) electrons. The molecule has 2 unspecified atom stereocenters. The number of fused-ring (bicyclic) bond motifs is 1. The predicted molar refractivity (Wildman–Crippen MR) is 190 cm³/mol. The first-order valence-electron chi connectivity index (χ1n) is 15.3. The van der Waals surface area contributed by atoms with Crippen LogP contribution in [0.1, 0.15) is 84.6 Å². The van der Waals surface area contributed by atoms with Gasteiger partial charge in [0.25, 0.3) is 0 Å². The first kappa shape index (κ1) is 37.4. The first-order valence-corrected chi connectivity index (χ1v) is 15.3. The van der Waals surface area contributed by atoms with Crippen LogP contribution in [0.5, 0.6) is 0 Å². The molecule has 46 heavy (non-hydrogen) atoms. The number of H-pyrrole nitrogens is 2. The maximum atomic E-state index is 12.8. The first-order chi connectivity index (χ1) is 21.6. The number of hydrogen-bond donors (Lipinski definition) is 3. The quantitative estimate of drug-likeness (QED) is 0.136. The van der Waals surface area contributed by atoms with Crippen molar-refractivity contribution >= 4 is 17.1 Å². The molecule has 1 amide bonds. The van der Waals surface area contributed by atoms with Crippen LogP contribution in [0.4, 0.5) is 4.79 Å². The minimum absolute atomic E-state index is 0. The molecule has 8 heteroatoms. The molecule has 1 fully saturated rings. The van der Waals surface area contributed by atoms with Gasteiger partial charge < -0.3 is 20.0 Å². The lowest BCUT2D eigenvalue weighted by Crippen LogP contribution is -2.38. The fraction of sp³-hybridized carbons (Fsp3) is 0.395. The SMILES string of the molecule is C.C#C.C=C.CCC(C)NCc1nc2ccc(C#Cc3ccc(-c4cnc(CN(C(=O)OC(C)(C)C)[C@@H]5CC5C)[nH]4)cc3)cc2[nH]1. The van der Waals surface area contributed by atoms with Crippen molar-refractivity contribution in [3.8, 4) is 35.9 Å². The molecular formula is C38H50N6O2. The Labute approximate surface area is 275 Å². The van der Waals surface area contributed by atoms with Crippen LogP contribution in [0.15, 0.2) is 61.8 Å². The van der Waals surface area contributed by atoms with Crippen molar-refractivity contribution < 1.29 is 9.53 Å². The van der Waals surface area contributed by atoms with E-state index in [1.165, 1.54) is 0 Å². The Morgan fingerprint density at radius 1 is 1.11 bits per heavy atom. The Bertz CT molecular complexity index is 1630. The Morgan fingerprint density at radius 3 is 2.35 bits per heavy atom. The van der Waals surface area contributed by atoms with Gasteiger partial charge in [0, 0.05) is 23.2 Å². The number of imidazole rings is 2. The fourth-order valence-corrected chi connectivity index (χ4v) is 4.64. The van der Waals surface area contributed by atoms with Gasteiger partial charge in [-0.15, -0.1) is 26.0 Å². The average Bonchev–Trinajstić information content (AvgIpc) is 3.39. The van der Waals surface area contributed by atoms with E-state index in [1.54, 1.807) is 4.90 Å². The van der Waals surface area contributed by atoms with Gasteiger partial charge in [-0.2, -0.15) is 0 Å². The second-order valence-electron chi connectivity index (χ2n) is 12.1. The van der Waals surface area contributed by atoms with E-state index in [2.05, 4.69) is 83.9 Å². The summed E-state index contributed by atoms with van der Waals surface area (Å²) in [5.74, 6) is 8.68. The van der Waals surface area contributed by atoms with E-state index in [0.717, 1.165) is 64.5 Å². The highest BCUT2D eigenvalue weighted by Gasteiger charge is 2.42. The van der Waals surface area contributed by atoms with E-state index >= 15 is 0 Å². The molecule has 0 aliphatic heterocycles. The van der Waals surface area contributed by atoms with Crippen LogP contribution in [0.2, 0.25) is 0 Å². The molecule has 5 rings (SSSR count). The van der Waals surface area contributed by atoms with Crippen molar-refractivity contribution in [3.63, 3.8) is 0 Å². The number of ether oxygens (including phenoxy) is 1. The molecule has 3 atom stereocenters. The normalized spacial score (nSPS) is 15.4. The van der Waals surface area contributed by atoms with Gasteiger partial charge in [-0.1, -0.05) is 45.2 Å². The van der Waals surface area contributed by atoms with Crippen molar-refractivity contribution in [2.24, 2.45) is 5.92 Å². The predicted octanol–water partition coefficient (Wildman–Crippen LogP) is 8.07. The van der Waals surface area contributed by atoms with Crippen molar-refractivity contribution in [3.05, 3.63) is 84.6 Å². The van der Waals surface area contributed by atoms with E-state index in [1.807, 2.05) is 69.4 Å². The summed E-state index contributed by atoms with van der Waals surface area (Å²) >= 11 is 0. The van der Waals surface area contributed by atoms with Crippen LogP contribution >= 0.6 is 0 Å². The minimum Gasteiger partial charge on any atom is -0.444 e. The molecule has 2 heterocycles. The molecule has 244 valence electrons. The molecule has 2 aromatic heterocycles. The highest BCUT2D eigenvalue weighted by molar-refractivity contribution is 5.77. The topological polar surface area (TPSA) is 98.9 Å². The number of benzene rings is 2.